The number of nitrogens with zero attached hydrogens (tertiary/aromatic N) is 3. The minimum absolute atomic E-state index is 0.0708. The summed E-state index contributed by atoms with van der Waals surface area (Å²) in [7, 11) is 0. The normalized spacial score (nSPS) is 19.2. The first kappa shape index (κ1) is 15.0. The van der Waals surface area contributed by atoms with Crippen LogP contribution in [0.1, 0.15) is 29.1 Å². The van der Waals surface area contributed by atoms with Crippen LogP contribution in [0.5, 0.6) is 0 Å². The van der Waals surface area contributed by atoms with Gasteiger partial charge in [0, 0.05) is 51.3 Å². The van der Waals surface area contributed by atoms with Crippen molar-refractivity contribution >= 4 is 11.8 Å². The fraction of sp³-hybridized carbons (Fsp3) is 0.667. The van der Waals surface area contributed by atoms with Crippen LogP contribution in [0.15, 0.2) is 10.6 Å². The van der Waals surface area contributed by atoms with Crippen molar-refractivity contribution in [2.45, 2.75) is 19.8 Å². The van der Waals surface area contributed by atoms with Crippen molar-refractivity contribution in [3.05, 3.63) is 17.5 Å². The maximum atomic E-state index is 12.2. The fourth-order valence-electron chi connectivity index (χ4n) is 2.63. The van der Waals surface area contributed by atoms with Crippen LogP contribution in [0.4, 0.5) is 0 Å². The number of carbonyl (C=O) groups excluding carboxylic acids is 2. The molecule has 3 rings (SSSR count). The Morgan fingerprint density at radius 1 is 1.32 bits per heavy atom. The van der Waals surface area contributed by atoms with Gasteiger partial charge in [0.25, 0.3) is 5.91 Å². The highest BCUT2D eigenvalue weighted by atomic mass is 16.5. The molecule has 0 spiro atoms. The van der Waals surface area contributed by atoms with Crippen molar-refractivity contribution in [3.8, 4) is 0 Å². The molecule has 1 aliphatic heterocycles. The van der Waals surface area contributed by atoms with Crippen molar-refractivity contribution in [2.75, 3.05) is 39.3 Å². The van der Waals surface area contributed by atoms with E-state index in [1.165, 1.54) is 0 Å². The summed E-state index contributed by atoms with van der Waals surface area (Å²) in [6.07, 6.45) is 2.07. The molecular weight excluding hydrogens is 284 g/mol. The van der Waals surface area contributed by atoms with Crippen molar-refractivity contribution in [1.29, 1.82) is 0 Å². The van der Waals surface area contributed by atoms with Gasteiger partial charge in [0.05, 0.1) is 0 Å². The second-order valence-electron chi connectivity index (χ2n) is 6.02. The van der Waals surface area contributed by atoms with Gasteiger partial charge in [0.2, 0.25) is 5.91 Å². The zero-order valence-corrected chi connectivity index (χ0v) is 12.9. The molecule has 22 heavy (non-hydrogen) atoms. The summed E-state index contributed by atoms with van der Waals surface area (Å²) < 4.78 is 4.95. The van der Waals surface area contributed by atoms with Crippen LogP contribution >= 0.6 is 0 Å². The van der Waals surface area contributed by atoms with E-state index in [0.717, 1.165) is 32.5 Å². The summed E-state index contributed by atoms with van der Waals surface area (Å²) >= 11 is 0. The van der Waals surface area contributed by atoms with Gasteiger partial charge in [-0.15, -0.1) is 0 Å². The van der Waals surface area contributed by atoms with Crippen LogP contribution in [0, 0.1) is 12.8 Å². The largest absolute Gasteiger partial charge is 0.361 e. The molecular formula is C15H22N4O3. The lowest BCUT2D eigenvalue weighted by molar-refractivity contribution is -0.122. The molecule has 1 aromatic heterocycles. The summed E-state index contributed by atoms with van der Waals surface area (Å²) in [5.41, 5.74) is 0.377. The third-order valence-corrected chi connectivity index (χ3v) is 4.18. The van der Waals surface area contributed by atoms with Gasteiger partial charge in [-0.3, -0.25) is 14.5 Å². The molecule has 2 fully saturated rings. The number of piperazine rings is 1. The molecule has 0 unspecified atom stereocenters. The standard InChI is InChI=1S/C15H22N4O3/c1-11-10-13(17-22-11)15(21)19-8-6-18(7-9-19)5-4-16-14(20)12-2-3-12/h10,12H,2-9H2,1H3,(H,16,20). The number of amides is 2. The summed E-state index contributed by atoms with van der Waals surface area (Å²) in [6.45, 7) is 6.30. The lowest BCUT2D eigenvalue weighted by atomic mass is 10.2. The van der Waals surface area contributed by atoms with Gasteiger partial charge in [-0.1, -0.05) is 5.16 Å². The van der Waals surface area contributed by atoms with Crippen molar-refractivity contribution in [1.82, 2.24) is 20.3 Å². The van der Waals surface area contributed by atoms with Gasteiger partial charge in [0.15, 0.2) is 5.69 Å². The first-order valence-corrected chi connectivity index (χ1v) is 7.86. The first-order valence-electron chi connectivity index (χ1n) is 7.86. The van der Waals surface area contributed by atoms with Gasteiger partial charge in [-0.05, 0) is 19.8 Å². The lowest BCUT2D eigenvalue weighted by Crippen LogP contribution is -2.50. The van der Waals surface area contributed by atoms with E-state index >= 15 is 0 Å². The van der Waals surface area contributed by atoms with Crippen LogP contribution in [0.2, 0.25) is 0 Å². The van der Waals surface area contributed by atoms with Crippen molar-refractivity contribution < 1.29 is 14.1 Å². The van der Waals surface area contributed by atoms with Gasteiger partial charge < -0.3 is 14.7 Å². The molecule has 7 heteroatoms. The number of carbonyl (C=O) groups is 2. The molecule has 2 amide bonds. The van der Waals surface area contributed by atoms with E-state index in [2.05, 4.69) is 15.4 Å². The first-order chi connectivity index (χ1) is 10.6. The van der Waals surface area contributed by atoms with Crippen LogP contribution in [-0.2, 0) is 4.79 Å². The number of nitrogens with one attached hydrogen (secondary N) is 1. The van der Waals surface area contributed by atoms with E-state index in [4.69, 9.17) is 4.52 Å². The highest BCUT2D eigenvalue weighted by molar-refractivity contribution is 5.92. The Hall–Kier alpha value is -1.89. The monoisotopic (exact) mass is 306 g/mol. The minimum atomic E-state index is -0.0708. The maximum absolute atomic E-state index is 12.2. The molecule has 1 saturated carbocycles. The fourth-order valence-corrected chi connectivity index (χ4v) is 2.63. The number of rotatable bonds is 5. The number of aromatic nitrogens is 1. The zero-order valence-electron chi connectivity index (χ0n) is 12.9. The van der Waals surface area contributed by atoms with Gasteiger partial charge in [-0.2, -0.15) is 0 Å². The molecule has 0 atom stereocenters. The van der Waals surface area contributed by atoms with Crippen LogP contribution < -0.4 is 5.32 Å². The van der Waals surface area contributed by atoms with E-state index < -0.39 is 0 Å². The Bertz CT molecular complexity index is 545. The Morgan fingerprint density at radius 3 is 2.64 bits per heavy atom. The maximum Gasteiger partial charge on any atom is 0.276 e. The van der Waals surface area contributed by atoms with Crippen LogP contribution in [-0.4, -0.2) is 66.0 Å². The predicted molar refractivity (Wildman–Crippen MR) is 79.3 cm³/mol. The number of hydrogen-bond acceptors (Lipinski definition) is 5. The van der Waals surface area contributed by atoms with Gasteiger partial charge >= 0.3 is 0 Å². The molecule has 0 radical (unpaired) electrons. The SMILES string of the molecule is Cc1cc(C(=O)N2CCN(CCNC(=O)C3CC3)CC2)no1. The molecule has 0 aromatic carbocycles. The summed E-state index contributed by atoms with van der Waals surface area (Å²) in [5, 5.41) is 6.74. The smallest absolute Gasteiger partial charge is 0.276 e. The highest BCUT2D eigenvalue weighted by Gasteiger charge is 2.29. The van der Waals surface area contributed by atoms with Crippen LogP contribution in [0.3, 0.4) is 0 Å². The predicted octanol–water partition coefficient (Wildman–Crippen LogP) is 0.267. The molecule has 120 valence electrons. The van der Waals surface area contributed by atoms with Crippen LogP contribution in [0.25, 0.3) is 0 Å². The topological polar surface area (TPSA) is 78.7 Å². The third kappa shape index (κ3) is 3.65. The second kappa shape index (κ2) is 6.48. The second-order valence-corrected chi connectivity index (χ2v) is 6.02. The molecule has 1 aromatic rings. The van der Waals surface area contributed by atoms with E-state index in [0.29, 0.717) is 31.1 Å². The van der Waals surface area contributed by atoms with E-state index in [1.807, 2.05) is 0 Å². The average molecular weight is 306 g/mol. The summed E-state index contributed by atoms with van der Waals surface area (Å²) in [6, 6.07) is 1.67. The van der Waals surface area contributed by atoms with Crippen molar-refractivity contribution in [3.63, 3.8) is 0 Å². The Balaban J connectivity index is 1.38. The number of hydrogen-bond donors (Lipinski definition) is 1. The molecule has 2 aliphatic rings. The molecule has 2 heterocycles. The van der Waals surface area contributed by atoms with Crippen molar-refractivity contribution in [2.24, 2.45) is 5.92 Å². The average Bonchev–Trinajstić information content (AvgIpc) is 3.29. The van der Waals surface area contributed by atoms with Gasteiger partial charge in [-0.25, -0.2) is 0 Å². The van der Waals surface area contributed by atoms with Gasteiger partial charge in [0.1, 0.15) is 5.76 Å². The Morgan fingerprint density at radius 2 is 2.05 bits per heavy atom. The summed E-state index contributed by atoms with van der Waals surface area (Å²) in [4.78, 5) is 27.9. The third-order valence-electron chi connectivity index (χ3n) is 4.18. The van der Waals surface area contributed by atoms with E-state index in [-0.39, 0.29) is 17.7 Å². The Labute approximate surface area is 129 Å². The quantitative estimate of drug-likeness (QED) is 0.844. The molecule has 1 N–H and O–H groups in total. The number of aryl methyl sites for hydroxylation is 1. The van der Waals surface area contributed by atoms with E-state index in [1.54, 1.807) is 17.9 Å². The molecule has 1 saturated heterocycles. The van der Waals surface area contributed by atoms with E-state index in [9.17, 15) is 9.59 Å². The minimum Gasteiger partial charge on any atom is -0.361 e. The molecule has 7 nitrogen and oxygen atoms in total. The Kier molecular flexibility index (Phi) is 4.42. The lowest BCUT2D eigenvalue weighted by Gasteiger charge is -2.34. The molecule has 1 aliphatic carbocycles. The highest BCUT2D eigenvalue weighted by Crippen LogP contribution is 2.28. The molecule has 0 bridgehead atoms. The summed E-state index contributed by atoms with van der Waals surface area (Å²) in [5.74, 6) is 1.03. The zero-order chi connectivity index (χ0) is 15.5.